The normalized spacial score (nSPS) is 13.3. The Morgan fingerprint density at radius 3 is 1.25 bits per heavy atom. The van der Waals surface area contributed by atoms with Crippen LogP contribution in [0.2, 0.25) is 0 Å². The maximum Gasteiger partial charge on any atom is 0.248 e. The van der Waals surface area contributed by atoms with Gasteiger partial charge in [0, 0.05) is 65.9 Å². The number of aromatic nitrogens is 3. The van der Waals surface area contributed by atoms with Crippen LogP contribution in [0.1, 0.15) is 16.7 Å². The molecule has 0 radical (unpaired) electrons. The monoisotopic (exact) mass is 1020 g/mol. The van der Waals surface area contributed by atoms with Gasteiger partial charge in [-0.2, -0.15) is 0 Å². The predicted molar refractivity (Wildman–Crippen MR) is 347 cm³/mol. The number of nitrogens with zero attached hydrogens (tertiary/aromatic N) is 3. The molecule has 0 fully saturated rings. The van der Waals surface area contributed by atoms with Gasteiger partial charge in [-0.3, -0.25) is 0 Å². The van der Waals surface area contributed by atoms with Crippen molar-refractivity contribution < 1.29 is 0 Å². The lowest BCUT2D eigenvalue weighted by Crippen LogP contribution is -2.54. The van der Waals surface area contributed by atoms with E-state index in [1.165, 1.54) is 182 Å². The molecule has 81 heavy (non-hydrogen) atoms. The number of hydrogen-bond donors (Lipinski definition) is 0. The molecule has 0 saturated heterocycles. The second kappa shape index (κ2) is 15.7. The zero-order valence-corrected chi connectivity index (χ0v) is 45.1. The van der Waals surface area contributed by atoms with E-state index in [-0.39, 0.29) is 0 Å². The molecule has 0 N–H and O–H groups in total. The van der Waals surface area contributed by atoms with Crippen molar-refractivity contribution in [2.24, 2.45) is 0 Å². The van der Waals surface area contributed by atoms with Crippen LogP contribution in [0.4, 0.5) is 0 Å². The molecule has 0 atom stereocenters. The van der Waals surface area contributed by atoms with Gasteiger partial charge in [0.15, 0.2) is 0 Å². The molecule has 6 heteroatoms. The van der Waals surface area contributed by atoms with Crippen molar-refractivity contribution in [2.75, 3.05) is 0 Å². The molecule has 15 aromatic rings. The minimum Gasteiger partial charge on any atom is -0.310 e. The molecule has 372 valence electrons. The lowest BCUT2D eigenvalue weighted by atomic mass is 9.37. The molecule has 0 bridgehead atoms. The van der Waals surface area contributed by atoms with E-state index in [2.05, 4.69) is 271 Å². The number of fused-ring (bicyclic) bond motifs is 24. The first-order valence-corrected chi connectivity index (χ1v) is 28.8. The van der Waals surface area contributed by atoms with Gasteiger partial charge in [-0.15, -0.1) is 0 Å². The zero-order chi connectivity index (χ0) is 53.1. The Labute approximate surface area is 470 Å². The van der Waals surface area contributed by atoms with E-state index in [1.807, 2.05) is 0 Å². The SMILES string of the molecule is Cc1ccc2c(c1)B1c3c-2cccc3-n2c3ccccc3c3cccc1c32.Cc1ccc2c3ccccc3n3c2c1B1c2ccccc2-c2cccc-3c21.Cc1cccc2c1B1c3c-2cccc3-n2c3ccccc3c3cccc1c32. The predicted octanol–water partition coefficient (Wildman–Crippen LogP) is 11.7. The Hall–Kier alpha value is -9.77. The van der Waals surface area contributed by atoms with E-state index in [1.54, 1.807) is 0 Å². The minimum atomic E-state index is 0.339. The molecular weight excluding hydrogens is 975 g/mol. The van der Waals surface area contributed by atoms with Gasteiger partial charge in [0.25, 0.3) is 0 Å². The molecule has 0 spiro atoms. The van der Waals surface area contributed by atoms with E-state index in [0.717, 1.165) is 0 Å². The third-order valence-corrected chi connectivity index (χ3v) is 19.6. The van der Waals surface area contributed by atoms with Crippen LogP contribution in [-0.4, -0.2) is 33.8 Å². The van der Waals surface area contributed by atoms with Crippen LogP contribution in [0.3, 0.4) is 0 Å². The molecule has 6 aliphatic heterocycles. The lowest BCUT2D eigenvalue weighted by Gasteiger charge is -2.26. The number of benzene rings is 12. The van der Waals surface area contributed by atoms with Crippen molar-refractivity contribution in [2.45, 2.75) is 20.8 Å². The highest BCUT2D eigenvalue weighted by Gasteiger charge is 2.44. The fraction of sp³-hybridized carbons (Fsp3) is 0.0400. The van der Waals surface area contributed by atoms with Crippen molar-refractivity contribution in [3.63, 3.8) is 0 Å². The Bertz CT molecular complexity index is 5380. The Morgan fingerprint density at radius 1 is 0.247 bits per heavy atom. The Balaban J connectivity index is 0.0000000907. The molecule has 0 saturated carbocycles. The van der Waals surface area contributed by atoms with Gasteiger partial charge in [0.1, 0.15) is 0 Å². The molecule has 3 nitrogen and oxygen atoms in total. The molecule has 0 amide bonds. The fourth-order valence-electron chi connectivity index (χ4n) is 16.6. The van der Waals surface area contributed by atoms with E-state index >= 15 is 0 Å². The van der Waals surface area contributed by atoms with Crippen molar-refractivity contribution >= 4 is 135 Å². The summed E-state index contributed by atoms with van der Waals surface area (Å²) in [6.45, 7) is 7.75. The number of hydrogen-bond acceptors (Lipinski definition) is 0. The average Bonchev–Trinajstić information content (AvgIpc) is 4.01. The van der Waals surface area contributed by atoms with E-state index in [0.29, 0.717) is 20.1 Å². The highest BCUT2D eigenvalue weighted by atomic mass is 15.0. The average molecular weight is 1020 g/mol. The summed E-state index contributed by atoms with van der Waals surface area (Å²) in [5.74, 6) is 0. The summed E-state index contributed by atoms with van der Waals surface area (Å²) in [5, 5.41) is 8.13. The van der Waals surface area contributed by atoms with Gasteiger partial charge in [-0.25, -0.2) is 0 Å². The molecule has 12 aromatic carbocycles. The first-order chi connectivity index (χ1) is 40.0. The smallest absolute Gasteiger partial charge is 0.248 e. The van der Waals surface area contributed by atoms with Gasteiger partial charge in [-0.1, -0.05) is 233 Å². The molecule has 9 heterocycles. The fourth-order valence-corrected chi connectivity index (χ4v) is 16.6. The Kier molecular flexibility index (Phi) is 8.58. The standard InChI is InChI=1S/3C25H16BN/c1-15-13-14-19-17-8-3-5-11-21(17)27-22-12-6-9-18-16-7-2-4-10-20(16)26(24(18)22)23(15)25(19)27;1-15-7-4-9-17-18-10-6-14-22-24(18)26(23(15)17)20-12-5-11-19-16-8-2-3-13-21(16)27(22)25(19)20;1-15-12-13-16-18-7-5-11-23-24(18)26(21(16)14-15)20-9-4-8-19-17-6-2-3-10-22(17)27(23)25(19)20/h3*2-14H,1H3. The third kappa shape index (κ3) is 5.48. The van der Waals surface area contributed by atoms with Crippen LogP contribution in [0, 0.1) is 20.8 Å². The topological polar surface area (TPSA) is 14.8 Å². The van der Waals surface area contributed by atoms with Gasteiger partial charge in [0.2, 0.25) is 20.1 Å². The molecule has 0 aliphatic carbocycles. The van der Waals surface area contributed by atoms with Crippen LogP contribution in [-0.2, 0) is 0 Å². The summed E-state index contributed by atoms with van der Waals surface area (Å²) < 4.78 is 7.50. The highest BCUT2D eigenvalue weighted by molar-refractivity contribution is 7.03. The highest BCUT2D eigenvalue weighted by Crippen LogP contribution is 2.41. The summed E-state index contributed by atoms with van der Waals surface area (Å²) in [6.07, 6.45) is 0. The summed E-state index contributed by atoms with van der Waals surface area (Å²) in [7, 11) is 0. The maximum atomic E-state index is 2.51. The molecule has 6 aliphatic rings. The van der Waals surface area contributed by atoms with Gasteiger partial charge in [-0.05, 0) is 123 Å². The molecule has 21 rings (SSSR count). The number of para-hydroxylation sites is 5. The van der Waals surface area contributed by atoms with E-state index < -0.39 is 0 Å². The van der Waals surface area contributed by atoms with Gasteiger partial charge in [0.05, 0.1) is 16.6 Å². The van der Waals surface area contributed by atoms with E-state index in [9.17, 15) is 0 Å². The van der Waals surface area contributed by atoms with Crippen molar-refractivity contribution in [1.29, 1.82) is 0 Å². The summed E-state index contributed by atoms with van der Waals surface area (Å²) >= 11 is 0. The van der Waals surface area contributed by atoms with Crippen LogP contribution in [0.25, 0.3) is 116 Å². The van der Waals surface area contributed by atoms with Crippen molar-refractivity contribution in [3.05, 3.63) is 253 Å². The molecule has 0 unspecified atom stereocenters. The van der Waals surface area contributed by atoms with Crippen molar-refractivity contribution in [3.8, 4) is 50.4 Å². The maximum absolute atomic E-state index is 2.51. The van der Waals surface area contributed by atoms with Gasteiger partial charge < -0.3 is 13.7 Å². The zero-order valence-electron chi connectivity index (χ0n) is 45.1. The number of rotatable bonds is 0. The van der Waals surface area contributed by atoms with Gasteiger partial charge >= 0.3 is 0 Å². The summed E-state index contributed by atoms with van der Waals surface area (Å²) in [5.41, 5.74) is 37.8. The summed E-state index contributed by atoms with van der Waals surface area (Å²) in [6, 6.07) is 87.8. The second-order valence-corrected chi connectivity index (χ2v) is 23.5. The first kappa shape index (κ1) is 44.1. The largest absolute Gasteiger partial charge is 0.310 e. The lowest BCUT2D eigenvalue weighted by molar-refractivity contribution is 1.19. The second-order valence-electron chi connectivity index (χ2n) is 23.5. The summed E-state index contributed by atoms with van der Waals surface area (Å²) in [4.78, 5) is 0. The quantitative estimate of drug-likeness (QED) is 0.135. The third-order valence-electron chi connectivity index (χ3n) is 19.6. The first-order valence-electron chi connectivity index (χ1n) is 28.8. The van der Waals surface area contributed by atoms with E-state index in [4.69, 9.17) is 0 Å². The van der Waals surface area contributed by atoms with Crippen molar-refractivity contribution in [1.82, 2.24) is 13.7 Å². The van der Waals surface area contributed by atoms with Crippen LogP contribution in [0.5, 0.6) is 0 Å². The number of aryl methyl sites for hydroxylation is 3. The van der Waals surface area contributed by atoms with Crippen LogP contribution < -0.4 is 49.2 Å². The van der Waals surface area contributed by atoms with Crippen LogP contribution in [0.15, 0.2) is 237 Å². The van der Waals surface area contributed by atoms with Crippen LogP contribution >= 0.6 is 0 Å². The minimum absolute atomic E-state index is 0.339. The molecular formula is C75H48B3N3. The molecule has 3 aromatic heterocycles. The Morgan fingerprint density at radius 2 is 0.642 bits per heavy atom.